The summed E-state index contributed by atoms with van der Waals surface area (Å²) >= 11 is 0. The van der Waals surface area contributed by atoms with Crippen molar-refractivity contribution in [3.05, 3.63) is 75.8 Å². The van der Waals surface area contributed by atoms with Crippen molar-refractivity contribution >= 4 is 11.8 Å². The third-order valence-electron chi connectivity index (χ3n) is 4.93. The summed E-state index contributed by atoms with van der Waals surface area (Å²) in [5.41, 5.74) is 3.06. The van der Waals surface area contributed by atoms with Gasteiger partial charge in [0, 0.05) is 50.1 Å². The van der Waals surface area contributed by atoms with E-state index in [-0.39, 0.29) is 17.4 Å². The van der Waals surface area contributed by atoms with E-state index in [4.69, 9.17) is 15.3 Å². The van der Waals surface area contributed by atoms with Crippen molar-refractivity contribution in [1.82, 2.24) is 19.5 Å². The van der Waals surface area contributed by atoms with Gasteiger partial charge in [0.05, 0.1) is 6.54 Å². The Balaban J connectivity index is 1.73. The summed E-state index contributed by atoms with van der Waals surface area (Å²) in [6.45, 7) is 4.89. The molecule has 0 spiro atoms. The number of guanidine groups is 1. The quantitative estimate of drug-likeness (QED) is 0.501. The number of pyridine rings is 1. The molecule has 3 rings (SSSR count). The Morgan fingerprint density at radius 3 is 2.63 bits per heavy atom. The molecule has 0 saturated carbocycles. The van der Waals surface area contributed by atoms with Crippen molar-refractivity contribution in [3.63, 3.8) is 0 Å². The molecule has 0 aliphatic heterocycles. The minimum Gasteiger partial charge on any atom is -0.356 e. The predicted molar refractivity (Wildman–Crippen MR) is 117 cm³/mol. The van der Waals surface area contributed by atoms with Crippen LogP contribution in [0.15, 0.2) is 58.0 Å². The van der Waals surface area contributed by atoms with Crippen molar-refractivity contribution in [3.8, 4) is 11.3 Å². The fraction of sp³-hybridized carbons (Fsp3) is 0.273. The Kier molecular flexibility index (Phi) is 6.15. The number of rotatable bonds is 5. The van der Waals surface area contributed by atoms with Gasteiger partial charge < -0.3 is 18.9 Å². The van der Waals surface area contributed by atoms with Gasteiger partial charge >= 0.3 is 0 Å². The van der Waals surface area contributed by atoms with E-state index in [1.807, 2.05) is 44.2 Å². The topological polar surface area (TPSA) is 102 Å². The lowest BCUT2D eigenvalue weighted by Gasteiger charge is -2.29. The fourth-order valence-corrected chi connectivity index (χ4v) is 3.06. The molecule has 0 aliphatic carbocycles. The molecule has 2 N–H and O–H groups in total. The number of nitrogens with zero attached hydrogens (tertiary/aromatic N) is 4. The molecule has 0 saturated heterocycles. The number of aromatic nitrogens is 2. The Morgan fingerprint density at radius 1 is 1.20 bits per heavy atom. The predicted octanol–water partition coefficient (Wildman–Crippen LogP) is 3.06. The number of amidine groups is 1. The highest BCUT2D eigenvalue weighted by Gasteiger charge is 2.19. The monoisotopic (exact) mass is 406 g/mol. The molecular formula is C22H26N6O2. The first kappa shape index (κ1) is 21.0. The van der Waals surface area contributed by atoms with Crippen LogP contribution in [-0.2, 0) is 13.6 Å². The molecule has 156 valence electrons. The van der Waals surface area contributed by atoms with E-state index < -0.39 is 0 Å². The molecule has 0 atom stereocenters. The largest absolute Gasteiger partial charge is 0.356 e. The van der Waals surface area contributed by atoms with Gasteiger partial charge in [-0.15, -0.1) is 0 Å². The summed E-state index contributed by atoms with van der Waals surface area (Å²) in [7, 11) is 3.30. The number of aryl methyl sites for hydroxylation is 2. The van der Waals surface area contributed by atoms with Crippen LogP contribution in [0.3, 0.4) is 0 Å². The lowest BCUT2D eigenvalue weighted by atomic mass is 10.1. The van der Waals surface area contributed by atoms with Crippen LogP contribution >= 0.6 is 0 Å². The molecule has 0 aliphatic rings. The second-order valence-electron chi connectivity index (χ2n) is 7.16. The minimum atomic E-state index is -0.198. The molecule has 0 bridgehead atoms. The molecule has 2 aromatic heterocycles. The Hall–Kier alpha value is -3.68. The van der Waals surface area contributed by atoms with E-state index in [1.54, 1.807) is 31.3 Å². The normalized spacial score (nSPS) is 10.7. The van der Waals surface area contributed by atoms with Gasteiger partial charge in [-0.1, -0.05) is 28.9 Å². The zero-order chi connectivity index (χ0) is 21.8. The third kappa shape index (κ3) is 4.48. The first-order valence-electron chi connectivity index (χ1n) is 9.65. The van der Waals surface area contributed by atoms with Crippen molar-refractivity contribution in [2.45, 2.75) is 20.4 Å². The van der Waals surface area contributed by atoms with Crippen LogP contribution in [0.1, 0.15) is 23.7 Å². The Bertz CT molecular complexity index is 1130. The van der Waals surface area contributed by atoms with Gasteiger partial charge in [-0.25, -0.2) is 0 Å². The average molecular weight is 406 g/mol. The standard InChI is InChI=1S/C22H26N6O2/c1-5-28(14-18-13-19(30-25-18)16-8-6-7-15(2)11-16)22(24)27(4)21(23)17-9-10-26(3)20(29)12-17/h6-13,23-24H,5,14H2,1-4H3. The van der Waals surface area contributed by atoms with E-state index in [1.165, 1.54) is 15.5 Å². The molecule has 0 unspecified atom stereocenters. The molecule has 8 nitrogen and oxygen atoms in total. The lowest BCUT2D eigenvalue weighted by molar-refractivity contribution is 0.363. The molecular weight excluding hydrogens is 380 g/mol. The van der Waals surface area contributed by atoms with E-state index in [2.05, 4.69) is 5.16 Å². The number of hydrogen-bond donors (Lipinski definition) is 2. The van der Waals surface area contributed by atoms with Crippen LogP contribution in [-0.4, -0.2) is 44.9 Å². The average Bonchev–Trinajstić information content (AvgIpc) is 3.21. The zero-order valence-corrected chi connectivity index (χ0v) is 17.6. The minimum absolute atomic E-state index is 0.0803. The highest BCUT2D eigenvalue weighted by molar-refractivity contribution is 6.05. The molecule has 0 fully saturated rings. The van der Waals surface area contributed by atoms with Crippen LogP contribution in [0, 0.1) is 17.7 Å². The fourth-order valence-electron chi connectivity index (χ4n) is 3.06. The van der Waals surface area contributed by atoms with Gasteiger partial charge in [0.15, 0.2) is 11.7 Å². The van der Waals surface area contributed by atoms with Crippen molar-refractivity contribution in [2.75, 3.05) is 13.6 Å². The van der Waals surface area contributed by atoms with E-state index in [9.17, 15) is 4.79 Å². The Labute approximate surface area is 175 Å². The number of benzene rings is 1. The summed E-state index contributed by atoms with van der Waals surface area (Å²) in [5.74, 6) is 0.901. The first-order chi connectivity index (χ1) is 14.3. The maximum atomic E-state index is 11.9. The van der Waals surface area contributed by atoms with Crippen LogP contribution in [0.5, 0.6) is 0 Å². The second-order valence-corrected chi connectivity index (χ2v) is 7.16. The molecule has 0 radical (unpaired) electrons. The van der Waals surface area contributed by atoms with Crippen molar-refractivity contribution in [2.24, 2.45) is 7.05 Å². The smallest absolute Gasteiger partial charge is 0.250 e. The summed E-state index contributed by atoms with van der Waals surface area (Å²) in [6, 6.07) is 13.0. The molecule has 30 heavy (non-hydrogen) atoms. The van der Waals surface area contributed by atoms with Crippen LogP contribution in [0.25, 0.3) is 11.3 Å². The van der Waals surface area contributed by atoms with Crippen LogP contribution in [0.4, 0.5) is 0 Å². The van der Waals surface area contributed by atoms with Gasteiger partial charge in [-0.3, -0.25) is 15.6 Å². The lowest BCUT2D eigenvalue weighted by Crippen LogP contribution is -2.44. The number of nitrogens with one attached hydrogen (secondary N) is 2. The summed E-state index contributed by atoms with van der Waals surface area (Å²) in [4.78, 5) is 15.1. The second kappa shape index (κ2) is 8.77. The van der Waals surface area contributed by atoms with Crippen molar-refractivity contribution in [1.29, 1.82) is 10.8 Å². The maximum Gasteiger partial charge on any atom is 0.250 e. The Morgan fingerprint density at radius 2 is 1.97 bits per heavy atom. The SMILES string of the molecule is CCN(Cc1cc(-c2cccc(C)c2)on1)C(=N)N(C)C(=N)c1ccn(C)c(=O)c1. The van der Waals surface area contributed by atoms with Crippen LogP contribution < -0.4 is 5.56 Å². The zero-order valence-electron chi connectivity index (χ0n) is 17.6. The molecule has 0 amide bonds. The molecule has 3 aromatic rings. The van der Waals surface area contributed by atoms with Crippen molar-refractivity contribution < 1.29 is 4.52 Å². The highest BCUT2D eigenvalue weighted by atomic mass is 16.5. The van der Waals surface area contributed by atoms with E-state index in [0.717, 1.165) is 11.1 Å². The molecule has 8 heteroatoms. The number of hydrogen-bond acceptors (Lipinski definition) is 5. The first-order valence-corrected chi connectivity index (χ1v) is 9.65. The van der Waals surface area contributed by atoms with Gasteiger partial charge in [0.2, 0.25) is 0 Å². The van der Waals surface area contributed by atoms with Gasteiger partial charge in [-0.2, -0.15) is 0 Å². The summed E-state index contributed by atoms with van der Waals surface area (Å²) in [6.07, 6.45) is 1.61. The maximum absolute atomic E-state index is 11.9. The molecule has 1 aromatic carbocycles. The van der Waals surface area contributed by atoms with Gasteiger partial charge in [0.25, 0.3) is 5.56 Å². The van der Waals surface area contributed by atoms with Gasteiger partial charge in [-0.05, 0) is 26.0 Å². The molecule has 2 heterocycles. The van der Waals surface area contributed by atoms with Gasteiger partial charge in [0.1, 0.15) is 11.5 Å². The third-order valence-corrected chi connectivity index (χ3v) is 4.93. The summed E-state index contributed by atoms with van der Waals surface area (Å²) < 4.78 is 6.93. The van der Waals surface area contributed by atoms with E-state index >= 15 is 0 Å². The van der Waals surface area contributed by atoms with E-state index in [0.29, 0.717) is 30.1 Å². The highest BCUT2D eigenvalue weighted by Crippen LogP contribution is 2.22. The summed E-state index contributed by atoms with van der Waals surface area (Å²) in [5, 5.41) is 21.1. The van der Waals surface area contributed by atoms with Crippen LogP contribution in [0.2, 0.25) is 0 Å².